The van der Waals surface area contributed by atoms with E-state index in [2.05, 4.69) is 9.97 Å². The van der Waals surface area contributed by atoms with E-state index in [4.69, 9.17) is 16.3 Å². The molecule has 0 fully saturated rings. The molecule has 2 rings (SSSR count). The van der Waals surface area contributed by atoms with Gasteiger partial charge in [0.15, 0.2) is 0 Å². The van der Waals surface area contributed by atoms with E-state index >= 15 is 0 Å². The molecule has 1 unspecified atom stereocenters. The van der Waals surface area contributed by atoms with Crippen LogP contribution in [0.5, 0.6) is 5.88 Å². The highest BCUT2D eigenvalue weighted by Gasteiger charge is 2.12. The fourth-order valence-corrected chi connectivity index (χ4v) is 2.65. The Morgan fingerprint density at radius 2 is 2.16 bits per heavy atom. The fraction of sp³-hybridized carbons (Fsp3) is 0.231. The Kier molecular flexibility index (Phi) is 5.01. The van der Waals surface area contributed by atoms with Crippen LogP contribution in [0.1, 0.15) is 11.8 Å². The Morgan fingerprint density at radius 1 is 1.37 bits per heavy atom. The number of aromatic nitrogens is 2. The summed E-state index contributed by atoms with van der Waals surface area (Å²) in [6.07, 6.45) is 0.676. The Hall–Kier alpha value is -1.30. The Balaban J connectivity index is 2.01. The SMILES string of the molecule is COc1cc(C(O)CSc2ccccc2Cl)ncn1. The number of aliphatic hydroxyl groups is 1. The van der Waals surface area contributed by atoms with Crippen LogP contribution in [-0.2, 0) is 0 Å². The average molecular weight is 297 g/mol. The molecule has 100 valence electrons. The third kappa shape index (κ3) is 3.83. The average Bonchev–Trinajstić information content (AvgIpc) is 2.46. The number of halogens is 1. The molecule has 4 nitrogen and oxygen atoms in total. The van der Waals surface area contributed by atoms with Crippen molar-refractivity contribution in [2.45, 2.75) is 11.0 Å². The van der Waals surface area contributed by atoms with Gasteiger partial charge >= 0.3 is 0 Å². The summed E-state index contributed by atoms with van der Waals surface area (Å²) in [5.41, 5.74) is 0.534. The molecular weight excluding hydrogens is 284 g/mol. The smallest absolute Gasteiger partial charge is 0.216 e. The molecule has 0 aliphatic heterocycles. The minimum atomic E-state index is -0.696. The van der Waals surface area contributed by atoms with Gasteiger partial charge in [0.25, 0.3) is 0 Å². The maximum absolute atomic E-state index is 10.1. The van der Waals surface area contributed by atoms with Crippen LogP contribution in [0.25, 0.3) is 0 Å². The van der Waals surface area contributed by atoms with Gasteiger partial charge in [-0.3, -0.25) is 0 Å². The van der Waals surface area contributed by atoms with Gasteiger partial charge in [0.05, 0.1) is 17.8 Å². The van der Waals surface area contributed by atoms with Crippen LogP contribution in [0, 0.1) is 0 Å². The van der Waals surface area contributed by atoms with Crippen LogP contribution >= 0.6 is 23.4 Å². The first-order chi connectivity index (χ1) is 9.20. The molecular formula is C13H13ClN2O2S. The molecule has 0 radical (unpaired) electrons. The molecule has 0 aliphatic carbocycles. The van der Waals surface area contributed by atoms with E-state index in [1.54, 1.807) is 6.07 Å². The third-order valence-corrected chi connectivity index (χ3v) is 4.04. The van der Waals surface area contributed by atoms with E-state index in [0.717, 1.165) is 4.90 Å². The van der Waals surface area contributed by atoms with E-state index in [9.17, 15) is 5.11 Å². The van der Waals surface area contributed by atoms with Crippen molar-refractivity contribution in [1.82, 2.24) is 9.97 Å². The summed E-state index contributed by atoms with van der Waals surface area (Å²) in [6, 6.07) is 9.15. The number of aliphatic hydroxyl groups excluding tert-OH is 1. The van der Waals surface area contributed by atoms with Crippen LogP contribution in [0.2, 0.25) is 5.02 Å². The Labute approximate surface area is 120 Å². The monoisotopic (exact) mass is 296 g/mol. The highest BCUT2D eigenvalue weighted by atomic mass is 35.5. The van der Waals surface area contributed by atoms with E-state index < -0.39 is 6.10 Å². The summed E-state index contributed by atoms with van der Waals surface area (Å²) in [5.74, 6) is 0.899. The van der Waals surface area contributed by atoms with Gasteiger partial charge in [0.1, 0.15) is 12.4 Å². The Morgan fingerprint density at radius 3 is 2.89 bits per heavy atom. The number of benzene rings is 1. The number of hydrogen-bond acceptors (Lipinski definition) is 5. The quantitative estimate of drug-likeness (QED) is 0.860. The molecule has 0 bridgehead atoms. The van der Waals surface area contributed by atoms with Crippen LogP contribution in [-0.4, -0.2) is 27.9 Å². The maximum Gasteiger partial charge on any atom is 0.216 e. The molecule has 1 aromatic heterocycles. The molecule has 0 spiro atoms. The van der Waals surface area contributed by atoms with Crippen molar-refractivity contribution >= 4 is 23.4 Å². The molecule has 1 heterocycles. The van der Waals surface area contributed by atoms with Crippen LogP contribution < -0.4 is 4.74 Å². The van der Waals surface area contributed by atoms with E-state index in [0.29, 0.717) is 22.3 Å². The highest BCUT2D eigenvalue weighted by molar-refractivity contribution is 7.99. The summed E-state index contributed by atoms with van der Waals surface area (Å²) in [5, 5.41) is 10.8. The molecule has 0 saturated carbocycles. The standard InChI is InChI=1S/C13H13ClN2O2S/c1-18-13-6-10(15-8-16-13)11(17)7-19-12-5-3-2-4-9(12)14/h2-6,8,11,17H,7H2,1H3. The number of rotatable bonds is 5. The second-order valence-electron chi connectivity index (χ2n) is 3.74. The fourth-order valence-electron chi connectivity index (χ4n) is 1.46. The molecule has 1 aromatic carbocycles. The molecule has 2 aromatic rings. The first-order valence-corrected chi connectivity index (χ1v) is 6.98. The molecule has 19 heavy (non-hydrogen) atoms. The summed E-state index contributed by atoms with van der Waals surface area (Å²) >= 11 is 7.53. The molecule has 1 atom stereocenters. The van der Waals surface area contributed by atoms with E-state index in [-0.39, 0.29) is 0 Å². The number of hydrogen-bond donors (Lipinski definition) is 1. The zero-order valence-electron chi connectivity index (χ0n) is 10.3. The molecule has 6 heteroatoms. The second-order valence-corrected chi connectivity index (χ2v) is 5.21. The van der Waals surface area contributed by atoms with Gasteiger partial charge in [-0.1, -0.05) is 23.7 Å². The highest BCUT2D eigenvalue weighted by Crippen LogP contribution is 2.29. The zero-order valence-corrected chi connectivity index (χ0v) is 11.9. The molecule has 0 saturated heterocycles. The Bertz CT molecular complexity index is 554. The minimum absolute atomic E-state index is 0.437. The van der Waals surface area contributed by atoms with Gasteiger partial charge in [0, 0.05) is 16.7 Å². The van der Waals surface area contributed by atoms with Crippen molar-refractivity contribution < 1.29 is 9.84 Å². The molecule has 1 N–H and O–H groups in total. The first kappa shape index (κ1) is 14.1. The number of ether oxygens (including phenoxy) is 1. The van der Waals surface area contributed by atoms with Gasteiger partial charge in [0.2, 0.25) is 5.88 Å². The predicted octanol–water partition coefficient (Wildman–Crippen LogP) is 2.96. The third-order valence-electron chi connectivity index (χ3n) is 2.45. The van der Waals surface area contributed by atoms with Gasteiger partial charge in [-0.2, -0.15) is 0 Å². The van der Waals surface area contributed by atoms with Crippen LogP contribution in [0.15, 0.2) is 41.6 Å². The van der Waals surface area contributed by atoms with E-state index in [1.807, 2.05) is 24.3 Å². The van der Waals surface area contributed by atoms with Crippen LogP contribution in [0.4, 0.5) is 0 Å². The molecule has 0 amide bonds. The summed E-state index contributed by atoms with van der Waals surface area (Å²) in [7, 11) is 1.52. The van der Waals surface area contributed by atoms with E-state index in [1.165, 1.54) is 25.2 Å². The number of methoxy groups -OCH3 is 1. The predicted molar refractivity (Wildman–Crippen MR) is 75.7 cm³/mol. The summed E-state index contributed by atoms with van der Waals surface area (Å²) < 4.78 is 5.00. The van der Waals surface area contributed by atoms with Gasteiger partial charge < -0.3 is 9.84 Å². The summed E-state index contributed by atoms with van der Waals surface area (Å²) in [6.45, 7) is 0. The van der Waals surface area contributed by atoms with Gasteiger partial charge in [-0.05, 0) is 12.1 Å². The lowest BCUT2D eigenvalue weighted by molar-refractivity contribution is 0.198. The van der Waals surface area contributed by atoms with Crippen molar-refractivity contribution in [2.24, 2.45) is 0 Å². The normalized spacial score (nSPS) is 12.2. The van der Waals surface area contributed by atoms with Crippen molar-refractivity contribution in [3.63, 3.8) is 0 Å². The largest absolute Gasteiger partial charge is 0.481 e. The second kappa shape index (κ2) is 6.75. The molecule has 0 aliphatic rings. The van der Waals surface area contributed by atoms with Crippen molar-refractivity contribution in [3.8, 4) is 5.88 Å². The van der Waals surface area contributed by atoms with Crippen molar-refractivity contribution in [3.05, 3.63) is 47.4 Å². The van der Waals surface area contributed by atoms with Gasteiger partial charge in [-0.25, -0.2) is 9.97 Å². The number of thioether (sulfide) groups is 1. The topological polar surface area (TPSA) is 55.2 Å². The summed E-state index contributed by atoms with van der Waals surface area (Å²) in [4.78, 5) is 8.87. The zero-order chi connectivity index (χ0) is 13.7. The lowest BCUT2D eigenvalue weighted by Gasteiger charge is -2.10. The van der Waals surface area contributed by atoms with Crippen molar-refractivity contribution in [1.29, 1.82) is 0 Å². The maximum atomic E-state index is 10.1. The van der Waals surface area contributed by atoms with Crippen molar-refractivity contribution in [2.75, 3.05) is 12.9 Å². The number of nitrogens with zero attached hydrogens (tertiary/aromatic N) is 2. The minimum Gasteiger partial charge on any atom is -0.481 e. The lowest BCUT2D eigenvalue weighted by atomic mass is 10.3. The lowest BCUT2D eigenvalue weighted by Crippen LogP contribution is -2.04. The first-order valence-electron chi connectivity index (χ1n) is 5.62. The van der Waals surface area contributed by atoms with Gasteiger partial charge in [-0.15, -0.1) is 11.8 Å². The van der Waals surface area contributed by atoms with Crippen LogP contribution in [0.3, 0.4) is 0 Å².